The van der Waals surface area contributed by atoms with Gasteiger partial charge in [-0.2, -0.15) is 0 Å². The van der Waals surface area contributed by atoms with Gasteiger partial charge in [-0.3, -0.25) is 4.79 Å². The summed E-state index contributed by atoms with van der Waals surface area (Å²) in [5.41, 5.74) is 2.70. The van der Waals surface area contributed by atoms with Crippen LogP contribution < -0.4 is 0 Å². The largest absolute Gasteiger partial charge is 0.299 e. The lowest BCUT2D eigenvalue weighted by Gasteiger charge is -2.13. The third-order valence-corrected chi connectivity index (χ3v) is 3.84. The Labute approximate surface area is 104 Å². The van der Waals surface area contributed by atoms with Crippen molar-refractivity contribution in [3.05, 3.63) is 35.4 Å². The van der Waals surface area contributed by atoms with Gasteiger partial charge in [0.2, 0.25) is 0 Å². The van der Waals surface area contributed by atoms with Crippen LogP contribution in [0.4, 0.5) is 0 Å². The first-order chi connectivity index (χ1) is 8.29. The molecule has 0 aromatic heterocycles. The van der Waals surface area contributed by atoms with Crippen LogP contribution in [0.25, 0.3) is 0 Å². The number of hydrogen-bond donors (Lipinski definition) is 0. The molecule has 1 aromatic carbocycles. The van der Waals surface area contributed by atoms with E-state index in [9.17, 15) is 4.79 Å². The van der Waals surface area contributed by atoms with E-state index >= 15 is 0 Å². The van der Waals surface area contributed by atoms with Gasteiger partial charge < -0.3 is 0 Å². The van der Waals surface area contributed by atoms with Crippen molar-refractivity contribution in [3.63, 3.8) is 0 Å². The van der Waals surface area contributed by atoms with Crippen molar-refractivity contribution in [2.24, 2.45) is 5.92 Å². The summed E-state index contributed by atoms with van der Waals surface area (Å²) in [6.07, 6.45) is 7.49. The van der Waals surface area contributed by atoms with E-state index in [0.717, 1.165) is 32.1 Å². The molecular weight excluding hydrogens is 208 g/mol. The Morgan fingerprint density at radius 2 is 1.76 bits per heavy atom. The Morgan fingerprint density at radius 1 is 1.06 bits per heavy atom. The number of hydrogen-bond acceptors (Lipinski definition) is 1. The summed E-state index contributed by atoms with van der Waals surface area (Å²) < 4.78 is 0. The van der Waals surface area contributed by atoms with E-state index in [2.05, 4.69) is 31.2 Å². The zero-order valence-corrected chi connectivity index (χ0v) is 10.7. The van der Waals surface area contributed by atoms with Crippen LogP contribution >= 0.6 is 0 Å². The smallest absolute Gasteiger partial charge is 0.136 e. The average Bonchev–Trinajstić information content (AvgIpc) is 2.56. The summed E-state index contributed by atoms with van der Waals surface area (Å²) in [5.74, 6) is 0.770. The molecule has 0 amide bonds. The Hall–Kier alpha value is -1.11. The van der Waals surface area contributed by atoms with E-state index in [0.29, 0.717) is 5.78 Å². The molecule has 0 bridgehead atoms. The van der Waals surface area contributed by atoms with Crippen LogP contribution in [-0.2, 0) is 17.6 Å². The summed E-state index contributed by atoms with van der Waals surface area (Å²) in [4.78, 5) is 11.9. The van der Waals surface area contributed by atoms with Crippen LogP contribution in [0.15, 0.2) is 24.3 Å². The van der Waals surface area contributed by atoms with Gasteiger partial charge >= 0.3 is 0 Å². The van der Waals surface area contributed by atoms with Crippen molar-refractivity contribution in [2.75, 3.05) is 0 Å². The van der Waals surface area contributed by atoms with Crippen LogP contribution in [0.3, 0.4) is 0 Å². The number of rotatable bonds is 3. The van der Waals surface area contributed by atoms with Gasteiger partial charge in [-0.15, -0.1) is 0 Å². The molecule has 1 saturated carbocycles. The summed E-state index contributed by atoms with van der Waals surface area (Å²) in [6, 6.07) is 8.76. The van der Waals surface area contributed by atoms with E-state index in [1.807, 2.05) is 0 Å². The average molecular weight is 230 g/mol. The maximum Gasteiger partial charge on any atom is 0.136 e. The third kappa shape index (κ3) is 3.42. The highest BCUT2D eigenvalue weighted by molar-refractivity contribution is 5.81. The molecular formula is C16H22O. The van der Waals surface area contributed by atoms with Crippen LogP contribution in [0, 0.1) is 5.92 Å². The Kier molecular flexibility index (Phi) is 4.36. The predicted molar refractivity (Wildman–Crippen MR) is 71.1 cm³/mol. The fourth-order valence-electron chi connectivity index (χ4n) is 2.64. The second-order valence-electron chi connectivity index (χ2n) is 5.14. The summed E-state index contributed by atoms with van der Waals surface area (Å²) >= 11 is 0. The second kappa shape index (κ2) is 6.00. The minimum absolute atomic E-state index is 0.282. The van der Waals surface area contributed by atoms with Crippen molar-refractivity contribution >= 4 is 5.78 Å². The van der Waals surface area contributed by atoms with Crippen LogP contribution in [0.5, 0.6) is 0 Å². The minimum Gasteiger partial charge on any atom is -0.299 e. The number of benzene rings is 1. The molecule has 1 atom stereocenters. The van der Waals surface area contributed by atoms with Gasteiger partial charge in [-0.1, -0.05) is 44.0 Å². The SMILES string of the molecule is CCc1ccc(CC2CCCCCC2=O)cc1. The van der Waals surface area contributed by atoms with Crippen LogP contribution in [-0.4, -0.2) is 5.78 Å². The lowest BCUT2D eigenvalue weighted by molar-refractivity contribution is -0.122. The van der Waals surface area contributed by atoms with Crippen molar-refractivity contribution in [1.29, 1.82) is 0 Å². The molecule has 1 fully saturated rings. The van der Waals surface area contributed by atoms with E-state index in [4.69, 9.17) is 0 Å². The Morgan fingerprint density at radius 3 is 2.47 bits per heavy atom. The molecule has 1 aliphatic rings. The molecule has 1 aliphatic carbocycles. The summed E-state index contributed by atoms with van der Waals surface area (Å²) in [7, 11) is 0. The fourth-order valence-corrected chi connectivity index (χ4v) is 2.64. The number of Topliss-reactive ketones (excluding diaryl/α,β-unsaturated/α-hetero) is 1. The number of ketones is 1. The monoisotopic (exact) mass is 230 g/mol. The van der Waals surface area contributed by atoms with Crippen LogP contribution in [0.1, 0.15) is 50.2 Å². The summed E-state index contributed by atoms with van der Waals surface area (Å²) in [5, 5.41) is 0. The standard InChI is InChI=1S/C16H22O/c1-2-13-8-10-14(11-9-13)12-15-6-4-3-5-7-16(15)17/h8-11,15H,2-7,12H2,1H3. The maximum absolute atomic E-state index is 11.9. The zero-order chi connectivity index (χ0) is 12.1. The van der Waals surface area contributed by atoms with E-state index < -0.39 is 0 Å². The van der Waals surface area contributed by atoms with E-state index in [1.54, 1.807) is 0 Å². The number of carbonyl (C=O) groups is 1. The molecule has 0 spiro atoms. The maximum atomic E-state index is 11.9. The first-order valence-electron chi connectivity index (χ1n) is 6.90. The van der Waals surface area contributed by atoms with Gasteiger partial charge in [0.15, 0.2) is 0 Å². The van der Waals surface area contributed by atoms with Gasteiger partial charge in [-0.25, -0.2) is 0 Å². The highest BCUT2D eigenvalue weighted by Crippen LogP contribution is 2.23. The van der Waals surface area contributed by atoms with Crippen molar-refractivity contribution in [1.82, 2.24) is 0 Å². The number of aryl methyl sites for hydroxylation is 1. The molecule has 2 rings (SSSR count). The molecule has 92 valence electrons. The van der Waals surface area contributed by atoms with Crippen molar-refractivity contribution < 1.29 is 4.79 Å². The van der Waals surface area contributed by atoms with Gasteiger partial charge in [-0.05, 0) is 36.8 Å². The van der Waals surface area contributed by atoms with Crippen molar-refractivity contribution in [3.8, 4) is 0 Å². The highest BCUT2D eigenvalue weighted by Gasteiger charge is 2.20. The molecule has 0 heterocycles. The highest BCUT2D eigenvalue weighted by atomic mass is 16.1. The summed E-state index contributed by atoms with van der Waals surface area (Å²) in [6.45, 7) is 2.17. The molecule has 0 aliphatic heterocycles. The number of carbonyl (C=O) groups excluding carboxylic acids is 1. The Balaban J connectivity index is 2.00. The lowest BCUT2D eigenvalue weighted by atomic mass is 9.91. The van der Waals surface area contributed by atoms with Gasteiger partial charge in [0.05, 0.1) is 0 Å². The molecule has 0 radical (unpaired) electrons. The van der Waals surface area contributed by atoms with Gasteiger partial charge in [0, 0.05) is 12.3 Å². The lowest BCUT2D eigenvalue weighted by Crippen LogP contribution is -2.15. The quantitative estimate of drug-likeness (QED) is 0.719. The molecule has 17 heavy (non-hydrogen) atoms. The molecule has 1 unspecified atom stereocenters. The molecule has 1 heteroatoms. The Bertz CT molecular complexity index is 364. The first-order valence-corrected chi connectivity index (χ1v) is 6.90. The van der Waals surface area contributed by atoms with E-state index in [-0.39, 0.29) is 5.92 Å². The molecule has 1 aromatic rings. The zero-order valence-electron chi connectivity index (χ0n) is 10.7. The van der Waals surface area contributed by atoms with Gasteiger partial charge in [0.25, 0.3) is 0 Å². The fraction of sp³-hybridized carbons (Fsp3) is 0.562. The topological polar surface area (TPSA) is 17.1 Å². The van der Waals surface area contributed by atoms with Gasteiger partial charge in [0.1, 0.15) is 5.78 Å². The predicted octanol–water partition coefficient (Wildman–Crippen LogP) is 3.94. The second-order valence-corrected chi connectivity index (χ2v) is 5.14. The molecule has 0 N–H and O–H groups in total. The molecule has 0 saturated heterocycles. The van der Waals surface area contributed by atoms with Crippen LogP contribution in [0.2, 0.25) is 0 Å². The van der Waals surface area contributed by atoms with E-state index in [1.165, 1.54) is 24.0 Å². The third-order valence-electron chi connectivity index (χ3n) is 3.84. The van der Waals surface area contributed by atoms with Crippen molar-refractivity contribution in [2.45, 2.75) is 51.9 Å². The first kappa shape index (κ1) is 12.3. The minimum atomic E-state index is 0.282. The molecule has 1 nitrogen and oxygen atoms in total. The normalized spacial score (nSPS) is 21.2.